The molecule has 0 aromatic rings. The van der Waals surface area contributed by atoms with E-state index in [9.17, 15) is 0 Å². The number of rotatable bonds is 1. The second kappa shape index (κ2) is 2.95. The zero-order chi connectivity index (χ0) is 6.08. The van der Waals surface area contributed by atoms with Gasteiger partial charge in [-0.25, -0.2) is 0 Å². The minimum atomic E-state index is -2.72. The summed E-state index contributed by atoms with van der Waals surface area (Å²) in [7, 11) is 0. The molecular weight excluding hydrogens is 114 g/mol. The first-order chi connectivity index (χ1) is 2.94. The van der Waals surface area contributed by atoms with Crippen molar-refractivity contribution in [2.45, 2.75) is 18.9 Å². The van der Waals surface area contributed by atoms with Crippen molar-refractivity contribution in [3.8, 4) is 0 Å². The number of hydrogen-bond donors (Lipinski definition) is 4. The van der Waals surface area contributed by atoms with Crippen molar-refractivity contribution in [1.82, 2.24) is 0 Å². The lowest BCUT2D eigenvalue weighted by Gasteiger charge is -2.16. The van der Waals surface area contributed by atoms with Crippen molar-refractivity contribution in [3.63, 3.8) is 0 Å². The summed E-state index contributed by atoms with van der Waals surface area (Å²) in [5.41, 5.74) is 4.82. The molecule has 8 heavy (non-hydrogen) atoms. The Morgan fingerprint density at radius 2 is 1.50 bits per heavy atom. The third-order valence-electron chi connectivity index (χ3n) is 0.611. The molecule has 0 aliphatic rings. The standard InChI is InChI=1S/C3H9NO3.H2O/c1-2(4)3(5,6)7;/h2,5-7H,4H2,1H3;1H2. The molecule has 5 heteroatoms. The summed E-state index contributed by atoms with van der Waals surface area (Å²) in [5, 5.41) is 24.2. The number of hydrogen-bond acceptors (Lipinski definition) is 4. The Balaban J connectivity index is 0. The largest absolute Gasteiger partial charge is 0.412 e. The summed E-state index contributed by atoms with van der Waals surface area (Å²) in [6.45, 7) is 1.28. The molecule has 1 atom stereocenters. The van der Waals surface area contributed by atoms with E-state index < -0.39 is 12.0 Å². The van der Waals surface area contributed by atoms with E-state index in [1.165, 1.54) is 6.92 Å². The molecule has 0 heterocycles. The van der Waals surface area contributed by atoms with Crippen LogP contribution in [-0.4, -0.2) is 32.8 Å². The molecule has 0 bridgehead atoms. The van der Waals surface area contributed by atoms with Crippen LogP contribution in [0.4, 0.5) is 0 Å². The smallest absolute Gasteiger partial charge is 0.291 e. The van der Waals surface area contributed by atoms with Crippen LogP contribution in [-0.2, 0) is 0 Å². The topological polar surface area (TPSA) is 118 Å². The first kappa shape index (κ1) is 10.7. The van der Waals surface area contributed by atoms with E-state index in [1.54, 1.807) is 0 Å². The molecule has 0 saturated carbocycles. The van der Waals surface area contributed by atoms with Crippen molar-refractivity contribution in [1.29, 1.82) is 0 Å². The van der Waals surface area contributed by atoms with Gasteiger partial charge in [0.25, 0.3) is 5.97 Å². The van der Waals surface area contributed by atoms with E-state index in [2.05, 4.69) is 0 Å². The van der Waals surface area contributed by atoms with Gasteiger partial charge in [-0.1, -0.05) is 0 Å². The van der Waals surface area contributed by atoms with E-state index >= 15 is 0 Å². The van der Waals surface area contributed by atoms with Gasteiger partial charge in [-0.15, -0.1) is 0 Å². The van der Waals surface area contributed by atoms with E-state index in [0.29, 0.717) is 0 Å². The Hall–Kier alpha value is -0.200. The fourth-order valence-corrected chi connectivity index (χ4v) is 0. The molecule has 1 unspecified atom stereocenters. The second-order valence-electron chi connectivity index (χ2n) is 1.48. The van der Waals surface area contributed by atoms with Gasteiger partial charge < -0.3 is 26.5 Å². The van der Waals surface area contributed by atoms with Crippen molar-refractivity contribution < 1.29 is 20.8 Å². The molecule has 0 saturated heterocycles. The van der Waals surface area contributed by atoms with Gasteiger partial charge in [0, 0.05) is 0 Å². The molecule has 5 nitrogen and oxygen atoms in total. The minimum Gasteiger partial charge on any atom is -0.412 e. The predicted octanol–water partition coefficient (Wildman–Crippen LogP) is -2.86. The van der Waals surface area contributed by atoms with Crippen molar-refractivity contribution in [3.05, 3.63) is 0 Å². The monoisotopic (exact) mass is 125 g/mol. The SMILES string of the molecule is CC(N)C(O)(O)O.O. The molecule has 0 aromatic carbocycles. The van der Waals surface area contributed by atoms with Crippen LogP contribution in [0.15, 0.2) is 0 Å². The summed E-state index contributed by atoms with van der Waals surface area (Å²) >= 11 is 0. The number of aliphatic hydroxyl groups is 3. The lowest BCUT2D eigenvalue weighted by atomic mass is 10.3. The summed E-state index contributed by atoms with van der Waals surface area (Å²) in [4.78, 5) is 0. The van der Waals surface area contributed by atoms with Crippen molar-refractivity contribution in [2.75, 3.05) is 0 Å². The van der Waals surface area contributed by atoms with Gasteiger partial charge in [0.2, 0.25) is 0 Å². The van der Waals surface area contributed by atoms with Gasteiger partial charge in [-0.05, 0) is 6.92 Å². The Morgan fingerprint density at radius 1 is 1.38 bits per heavy atom. The zero-order valence-electron chi connectivity index (χ0n) is 4.50. The van der Waals surface area contributed by atoms with Crippen LogP contribution in [0.3, 0.4) is 0 Å². The molecule has 52 valence electrons. The van der Waals surface area contributed by atoms with Crippen LogP contribution >= 0.6 is 0 Å². The van der Waals surface area contributed by atoms with E-state index in [0.717, 1.165) is 0 Å². The summed E-state index contributed by atoms with van der Waals surface area (Å²) in [6.07, 6.45) is 0. The lowest BCUT2D eigenvalue weighted by Crippen LogP contribution is -2.45. The highest BCUT2D eigenvalue weighted by molar-refractivity contribution is 4.59. The van der Waals surface area contributed by atoms with Crippen LogP contribution < -0.4 is 5.73 Å². The van der Waals surface area contributed by atoms with E-state index in [-0.39, 0.29) is 5.48 Å². The van der Waals surface area contributed by atoms with Crippen molar-refractivity contribution in [2.24, 2.45) is 5.73 Å². The molecule has 7 N–H and O–H groups in total. The Morgan fingerprint density at radius 3 is 1.50 bits per heavy atom. The fourth-order valence-electron chi connectivity index (χ4n) is 0. The maximum Gasteiger partial charge on any atom is 0.291 e. The average Bonchev–Trinajstić information content (AvgIpc) is 1.31. The highest BCUT2D eigenvalue weighted by atomic mass is 16.7. The van der Waals surface area contributed by atoms with E-state index in [4.69, 9.17) is 21.1 Å². The third-order valence-corrected chi connectivity index (χ3v) is 0.611. The highest BCUT2D eigenvalue weighted by Gasteiger charge is 2.23. The molecule has 0 fully saturated rings. The fraction of sp³-hybridized carbons (Fsp3) is 1.00. The molecule has 0 aromatic heterocycles. The van der Waals surface area contributed by atoms with Crippen LogP contribution in [0.5, 0.6) is 0 Å². The zero-order valence-corrected chi connectivity index (χ0v) is 4.50. The normalized spacial score (nSPS) is 14.6. The van der Waals surface area contributed by atoms with E-state index in [1.807, 2.05) is 0 Å². The Bertz CT molecular complexity index is 56.8. The maximum absolute atomic E-state index is 8.08. The molecular formula is C3H11NO4. The first-order valence-corrected chi connectivity index (χ1v) is 1.87. The van der Waals surface area contributed by atoms with Crippen LogP contribution in [0, 0.1) is 0 Å². The van der Waals surface area contributed by atoms with Gasteiger partial charge in [-0.3, -0.25) is 0 Å². The van der Waals surface area contributed by atoms with Gasteiger partial charge in [-0.2, -0.15) is 0 Å². The summed E-state index contributed by atoms with van der Waals surface area (Å²) in [6, 6.07) is -1.03. The second-order valence-corrected chi connectivity index (χ2v) is 1.48. The van der Waals surface area contributed by atoms with Crippen LogP contribution in [0.1, 0.15) is 6.92 Å². The Kier molecular flexibility index (Phi) is 3.96. The van der Waals surface area contributed by atoms with Gasteiger partial charge in [0.1, 0.15) is 0 Å². The van der Waals surface area contributed by atoms with Gasteiger partial charge in [0.15, 0.2) is 0 Å². The van der Waals surface area contributed by atoms with Crippen LogP contribution in [0.2, 0.25) is 0 Å². The minimum absolute atomic E-state index is 0. The summed E-state index contributed by atoms with van der Waals surface area (Å²) in [5.74, 6) is -2.72. The molecule has 0 amide bonds. The van der Waals surface area contributed by atoms with Crippen molar-refractivity contribution >= 4 is 0 Å². The summed E-state index contributed by atoms with van der Waals surface area (Å²) < 4.78 is 0. The Labute approximate surface area is 46.7 Å². The lowest BCUT2D eigenvalue weighted by molar-refractivity contribution is -0.320. The van der Waals surface area contributed by atoms with Gasteiger partial charge in [0.05, 0.1) is 6.04 Å². The molecule has 0 spiro atoms. The quantitative estimate of drug-likeness (QED) is 0.282. The first-order valence-electron chi connectivity index (χ1n) is 1.87. The average molecular weight is 125 g/mol. The molecule has 0 radical (unpaired) electrons. The third kappa shape index (κ3) is 3.97. The predicted molar refractivity (Wildman–Crippen MR) is 26.7 cm³/mol. The number of nitrogens with two attached hydrogens (primary N) is 1. The van der Waals surface area contributed by atoms with Crippen LogP contribution in [0.25, 0.3) is 0 Å². The molecule has 0 aliphatic heterocycles. The molecule has 0 aliphatic carbocycles. The maximum atomic E-state index is 8.08. The highest BCUT2D eigenvalue weighted by Crippen LogP contribution is 1.94. The molecule has 0 rings (SSSR count). The van der Waals surface area contributed by atoms with Gasteiger partial charge >= 0.3 is 0 Å².